The number of anilines is 1. The Kier molecular flexibility index (Phi) is 3.81. The number of rotatable bonds is 3. The molecule has 0 heterocycles. The summed E-state index contributed by atoms with van der Waals surface area (Å²) in [5, 5.41) is 12.0. The van der Waals surface area contributed by atoms with Crippen molar-refractivity contribution in [2.45, 2.75) is 6.54 Å². The van der Waals surface area contributed by atoms with E-state index in [4.69, 9.17) is 5.11 Å². The molecular weight excluding hydrogens is 304 g/mol. The number of hydrogen-bond acceptors (Lipinski definition) is 2. The van der Waals surface area contributed by atoms with Crippen LogP contribution in [0, 0.1) is 11.6 Å². The summed E-state index contributed by atoms with van der Waals surface area (Å²) in [6.45, 7) is 0.369. The lowest BCUT2D eigenvalue weighted by Crippen LogP contribution is -2.00. The van der Waals surface area contributed by atoms with E-state index in [2.05, 4.69) is 21.2 Å². The Morgan fingerprint density at radius 3 is 2.50 bits per heavy atom. The maximum absolute atomic E-state index is 13.3. The van der Waals surface area contributed by atoms with Gasteiger partial charge in [0.25, 0.3) is 0 Å². The van der Waals surface area contributed by atoms with Crippen LogP contribution in [0.15, 0.2) is 40.9 Å². The molecule has 0 atom stereocenters. The lowest BCUT2D eigenvalue weighted by molar-refractivity contribution is 0.432. The van der Waals surface area contributed by atoms with Gasteiger partial charge in [0, 0.05) is 18.3 Å². The maximum Gasteiger partial charge on any atom is 0.166 e. The smallest absolute Gasteiger partial charge is 0.166 e. The first kappa shape index (κ1) is 12.8. The molecule has 5 heteroatoms. The molecule has 0 saturated heterocycles. The quantitative estimate of drug-likeness (QED) is 0.838. The summed E-state index contributed by atoms with van der Waals surface area (Å²) < 4.78 is 26.7. The van der Waals surface area contributed by atoms with Crippen LogP contribution in [-0.2, 0) is 6.54 Å². The van der Waals surface area contributed by atoms with Crippen molar-refractivity contribution >= 4 is 21.6 Å². The van der Waals surface area contributed by atoms with Gasteiger partial charge < -0.3 is 10.4 Å². The zero-order valence-electron chi connectivity index (χ0n) is 9.25. The van der Waals surface area contributed by atoms with E-state index < -0.39 is 11.6 Å². The highest BCUT2D eigenvalue weighted by atomic mass is 79.9. The molecule has 2 aromatic rings. The SMILES string of the molecule is Oc1ccc(NCc2ccc(Br)c(F)c2)cc1F. The van der Waals surface area contributed by atoms with Gasteiger partial charge in [-0.05, 0) is 45.8 Å². The minimum absolute atomic E-state index is 0.341. The minimum Gasteiger partial charge on any atom is -0.505 e. The fourth-order valence-corrected chi connectivity index (χ4v) is 1.72. The van der Waals surface area contributed by atoms with E-state index in [-0.39, 0.29) is 5.82 Å². The van der Waals surface area contributed by atoms with Crippen molar-refractivity contribution in [3.63, 3.8) is 0 Å². The van der Waals surface area contributed by atoms with Crippen LogP contribution < -0.4 is 5.32 Å². The number of hydrogen-bond donors (Lipinski definition) is 2. The largest absolute Gasteiger partial charge is 0.505 e. The molecule has 0 amide bonds. The zero-order chi connectivity index (χ0) is 13.1. The molecule has 2 N–H and O–H groups in total. The van der Waals surface area contributed by atoms with Crippen molar-refractivity contribution < 1.29 is 13.9 Å². The normalized spacial score (nSPS) is 10.4. The molecule has 2 aromatic carbocycles. The van der Waals surface area contributed by atoms with E-state index in [0.29, 0.717) is 16.7 Å². The average Bonchev–Trinajstić information content (AvgIpc) is 2.35. The van der Waals surface area contributed by atoms with Gasteiger partial charge in [0.2, 0.25) is 0 Å². The highest BCUT2D eigenvalue weighted by Crippen LogP contribution is 2.21. The summed E-state index contributed by atoms with van der Waals surface area (Å²) in [7, 11) is 0. The summed E-state index contributed by atoms with van der Waals surface area (Å²) in [5.74, 6) is -1.43. The van der Waals surface area contributed by atoms with Gasteiger partial charge in [0.05, 0.1) is 4.47 Å². The second kappa shape index (κ2) is 5.35. The lowest BCUT2D eigenvalue weighted by Gasteiger charge is -2.07. The first-order chi connectivity index (χ1) is 8.56. The van der Waals surface area contributed by atoms with E-state index in [0.717, 1.165) is 5.56 Å². The van der Waals surface area contributed by atoms with Gasteiger partial charge in [-0.1, -0.05) is 6.07 Å². The Bertz CT molecular complexity index is 523. The number of aromatic hydroxyl groups is 1. The van der Waals surface area contributed by atoms with Gasteiger partial charge in [-0.2, -0.15) is 0 Å². The standard InChI is InChI=1S/C13H10BrF2NO/c14-10-3-1-8(5-11(10)15)7-17-9-2-4-13(18)12(16)6-9/h1-6,17-18H,7H2. The summed E-state index contributed by atoms with van der Waals surface area (Å²) >= 11 is 3.07. The Hall–Kier alpha value is -1.62. The number of nitrogens with one attached hydrogen (secondary N) is 1. The fourth-order valence-electron chi connectivity index (χ4n) is 1.47. The molecule has 0 bridgehead atoms. The van der Waals surface area contributed by atoms with Crippen LogP contribution in [0.1, 0.15) is 5.56 Å². The molecule has 94 valence electrons. The van der Waals surface area contributed by atoms with Gasteiger partial charge in [-0.3, -0.25) is 0 Å². The molecule has 0 aliphatic heterocycles. The first-order valence-electron chi connectivity index (χ1n) is 5.22. The van der Waals surface area contributed by atoms with Crippen LogP contribution in [0.4, 0.5) is 14.5 Å². The molecule has 2 rings (SSSR count). The van der Waals surface area contributed by atoms with Gasteiger partial charge in [-0.15, -0.1) is 0 Å². The summed E-state index contributed by atoms with van der Waals surface area (Å²) in [4.78, 5) is 0. The van der Waals surface area contributed by atoms with Crippen LogP contribution >= 0.6 is 15.9 Å². The monoisotopic (exact) mass is 313 g/mol. The maximum atomic E-state index is 13.3. The molecule has 0 spiro atoms. The van der Waals surface area contributed by atoms with E-state index in [1.54, 1.807) is 18.2 Å². The van der Waals surface area contributed by atoms with Crippen LogP contribution in [0.25, 0.3) is 0 Å². The summed E-state index contributed by atoms with van der Waals surface area (Å²) in [6, 6.07) is 8.77. The van der Waals surface area contributed by atoms with Crippen LogP contribution in [0.2, 0.25) is 0 Å². The highest BCUT2D eigenvalue weighted by Gasteiger charge is 2.03. The predicted octanol–water partition coefficient (Wildman–Crippen LogP) is 4.05. The second-order valence-electron chi connectivity index (χ2n) is 3.77. The minimum atomic E-state index is -0.693. The van der Waals surface area contributed by atoms with Crippen LogP contribution in [0.3, 0.4) is 0 Å². The Labute approximate surface area is 111 Å². The third-order valence-corrected chi connectivity index (χ3v) is 3.07. The number of phenolic OH excluding ortho intramolecular Hbond substituents is 1. The van der Waals surface area contributed by atoms with Crippen molar-refractivity contribution in [3.05, 3.63) is 58.1 Å². The van der Waals surface area contributed by atoms with E-state index in [9.17, 15) is 8.78 Å². The van der Waals surface area contributed by atoms with E-state index in [1.165, 1.54) is 18.2 Å². The molecule has 0 fully saturated rings. The van der Waals surface area contributed by atoms with Crippen LogP contribution in [0.5, 0.6) is 5.75 Å². The zero-order valence-corrected chi connectivity index (χ0v) is 10.8. The van der Waals surface area contributed by atoms with Gasteiger partial charge in [0.15, 0.2) is 11.6 Å². The molecule has 0 unspecified atom stereocenters. The summed E-state index contributed by atoms with van der Waals surface area (Å²) in [5.41, 5.74) is 1.26. The summed E-state index contributed by atoms with van der Waals surface area (Å²) in [6.07, 6.45) is 0. The van der Waals surface area contributed by atoms with E-state index in [1.807, 2.05) is 0 Å². The second-order valence-corrected chi connectivity index (χ2v) is 4.62. The lowest BCUT2D eigenvalue weighted by atomic mass is 10.2. The Morgan fingerprint density at radius 2 is 1.83 bits per heavy atom. The Morgan fingerprint density at radius 1 is 1.06 bits per heavy atom. The van der Waals surface area contributed by atoms with Crippen molar-refractivity contribution in [1.29, 1.82) is 0 Å². The molecule has 0 aliphatic carbocycles. The number of phenols is 1. The molecule has 18 heavy (non-hydrogen) atoms. The third-order valence-electron chi connectivity index (χ3n) is 2.43. The first-order valence-corrected chi connectivity index (χ1v) is 6.02. The molecule has 0 radical (unpaired) electrons. The van der Waals surface area contributed by atoms with Crippen molar-refractivity contribution in [2.75, 3.05) is 5.32 Å². The van der Waals surface area contributed by atoms with E-state index >= 15 is 0 Å². The van der Waals surface area contributed by atoms with Crippen molar-refractivity contribution in [3.8, 4) is 5.75 Å². The van der Waals surface area contributed by atoms with Gasteiger partial charge in [-0.25, -0.2) is 8.78 Å². The number of halogens is 3. The number of benzene rings is 2. The third kappa shape index (κ3) is 2.98. The molecule has 0 aliphatic rings. The fraction of sp³-hybridized carbons (Fsp3) is 0.0769. The molecule has 0 aromatic heterocycles. The van der Waals surface area contributed by atoms with Crippen LogP contribution in [-0.4, -0.2) is 5.11 Å². The van der Waals surface area contributed by atoms with Crippen molar-refractivity contribution in [2.24, 2.45) is 0 Å². The molecule has 0 saturated carbocycles. The van der Waals surface area contributed by atoms with Crippen molar-refractivity contribution in [1.82, 2.24) is 0 Å². The topological polar surface area (TPSA) is 32.3 Å². The predicted molar refractivity (Wildman–Crippen MR) is 69.5 cm³/mol. The van der Waals surface area contributed by atoms with Gasteiger partial charge >= 0.3 is 0 Å². The average molecular weight is 314 g/mol. The molecular formula is C13H10BrF2NO. The molecule has 2 nitrogen and oxygen atoms in total. The Balaban J connectivity index is 2.06. The highest BCUT2D eigenvalue weighted by molar-refractivity contribution is 9.10. The van der Waals surface area contributed by atoms with Gasteiger partial charge in [0.1, 0.15) is 5.82 Å².